The van der Waals surface area contributed by atoms with Gasteiger partial charge in [0.05, 0.1) is 22.5 Å². The first-order valence-corrected chi connectivity index (χ1v) is 21.1. The molecule has 2 heterocycles. The number of nitrogens with one attached hydrogen (secondary N) is 4. The molecule has 0 aliphatic carbocycles. The molecular weight excluding hydrogens is 886 g/mol. The van der Waals surface area contributed by atoms with E-state index in [0.717, 1.165) is 46.6 Å². The molecule has 14 heteroatoms. The summed E-state index contributed by atoms with van der Waals surface area (Å²) in [5.41, 5.74) is 4.76. The van der Waals surface area contributed by atoms with E-state index in [0.29, 0.717) is 54.1 Å². The van der Waals surface area contributed by atoms with Crippen molar-refractivity contribution in [1.29, 1.82) is 0 Å². The summed E-state index contributed by atoms with van der Waals surface area (Å²) in [6.45, 7) is 4.41. The topological polar surface area (TPSA) is 166 Å². The molecule has 0 atom stereocenters. The van der Waals surface area contributed by atoms with E-state index in [2.05, 4.69) is 43.8 Å². The number of anilines is 2. The van der Waals surface area contributed by atoms with E-state index in [4.69, 9.17) is 4.74 Å². The van der Waals surface area contributed by atoms with Crippen molar-refractivity contribution in [2.75, 3.05) is 23.7 Å². The molecule has 64 heavy (non-hydrogen) atoms. The van der Waals surface area contributed by atoms with Crippen LogP contribution in [0.2, 0.25) is 0 Å². The minimum Gasteiger partial charge on any atom is -0.505 e. The number of hydrogen-bond donors (Lipinski definition) is 6. The minimum atomic E-state index is -1.37. The van der Waals surface area contributed by atoms with Crippen molar-refractivity contribution in [1.82, 2.24) is 10.6 Å². The number of carbonyl (C=O) groups excluding carboxylic acids is 3. The third-order valence-corrected chi connectivity index (χ3v) is 11.4. The molecule has 8 rings (SSSR count). The van der Waals surface area contributed by atoms with Crippen LogP contribution in [-0.2, 0) is 4.79 Å². The van der Waals surface area contributed by atoms with E-state index in [1.165, 1.54) is 24.3 Å². The monoisotopic (exact) mass is 924 g/mol. The van der Waals surface area contributed by atoms with Crippen LogP contribution < -0.4 is 36.4 Å². The predicted octanol–water partition coefficient (Wildman–Crippen LogP) is 8.55. The first kappa shape index (κ1) is 43.1. The maximum Gasteiger partial charge on any atom is 0.336 e. The van der Waals surface area contributed by atoms with E-state index in [1.807, 2.05) is 48.5 Å². The van der Waals surface area contributed by atoms with Gasteiger partial charge in [0, 0.05) is 67.6 Å². The van der Waals surface area contributed by atoms with Gasteiger partial charge in [0.1, 0.15) is 17.3 Å². The smallest absolute Gasteiger partial charge is 0.336 e. The molecule has 322 valence electrons. The lowest BCUT2D eigenvalue weighted by Crippen LogP contribution is -2.26. The second-order valence-electron chi connectivity index (χ2n) is 15.2. The van der Waals surface area contributed by atoms with Crippen molar-refractivity contribution < 1.29 is 42.9 Å². The molecule has 0 fully saturated rings. The van der Waals surface area contributed by atoms with Crippen molar-refractivity contribution in [3.05, 3.63) is 181 Å². The maximum atomic E-state index is 14.8. The summed E-state index contributed by atoms with van der Waals surface area (Å²) in [5.74, 6) is -4.53. The molecule has 0 spiro atoms. The quantitative estimate of drug-likeness (QED) is 0.0467. The van der Waals surface area contributed by atoms with Gasteiger partial charge in [-0.25, -0.2) is 13.6 Å². The zero-order valence-electron chi connectivity index (χ0n) is 34.0. The molecule has 0 saturated heterocycles. The Kier molecular flexibility index (Phi) is 12.4. The van der Waals surface area contributed by atoms with E-state index in [1.54, 1.807) is 24.3 Å². The number of hydrogen-bond acceptors (Lipinski definition) is 7. The molecule has 2 aliphatic rings. The number of phenolic OH excluding ortho intramolecular Hbond substituents is 1. The van der Waals surface area contributed by atoms with Gasteiger partial charge in [-0.2, -0.15) is 0 Å². The Morgan fingerprint density at radius 2 is 1.38 bits per heavy atom. The predicted molar refractivity (Wildman–Crippen MR) is 244 cm³/mol. The lowest BCUT2D eigenvalue weighted by Gasteiger charge is -2.23. The fourth-order valence-corrected chi connectivity index (χ4v) is 8.03. The second kappa shape index (κ2) is 18.4. The third kappa shape index (κ3) is 8.99. The number of halogens is 3. The molecule has 0 radical (unpaired) electrons. The highest BCUT2D eigenvalue weighted by Crippen LogP contribution is 2.41. The number of aromatic carboxylic acids is 1. The number of fused-ring (bicyclic) bond motifs is 3. The third-order valence-electron chi connectivity index (χ3n) is 10.9. The van der Waals surface area contributed by atoms with E-state index < -0.39 is 29.3 Å². The average Bonchev–Trinajstić information content (AvgIpc) is 3.61. The molecule has 0 bridgehead atoms. The Balaban J connectivity index is 0.837. The maximum absolute atomic E-state index is 14.8. The normalized spacial score (nSPS) is 13.2. The molecule has 6 aromatic rings. The van der Waals surface area contributed by atoms with Crippen molar-refractivity contribution >= 4 is 74.4 Å². The number of phenols is 1. The van der Waals surface area contributed by atoms with Crippen LogP contribution in [0, 0.1) is 11.6 Å². The molecule has 0 saturated carbocycles. The Bertz CT molecular complexity index is 3030. The Morgan fingerprint density at radius 3 is 2.08 bits per heavy atom. The highest BCUT2D eigenvalue weighted by Gasteiger charge is 2.29. The molecule has 0 aromatic heterocycles. The van der Waals surface area contributed by atoms with Gasteiger partial charge < -0.3 is 36.2 Å². The molecule has 2 aliphatic heterocycles. The number of aromatic hydroxyl groups is 1. The first-order valence-electron chi connectivity index (χ1n) is 20.3. The van der Waals surface area contributed by atoms with Gasteiger partial charge in [-0.05, 0) is 90.7 Å². The second-order valence-corrected chi connectivity index (χ2v) is 16.1. The zero-order chi connectivity index (χ0) is 45.1. The summed E-state index contributed by atoms with van der Waals surface area (Å²) < 4.78 is 36.1. The summed E-state index contributed by atoms with van der Waals surface area (Å²) in [5, 5.41) is 32.5. The Labute approximate surface area is 373 Å². The van der Waals surface area contributed by atoms with E-state index in [-0.39, 0.29) is 61.6 Å². The van der Waals surface area contributed by atoms with Crippen LogP contribution in [0.4, 0.5) is 20.2 Å². The molecule has 3 amide bonds. The van der Waals surface area contributed by atoms with Gasteiger partial charge in [-0.15, -0.1) is 0 Å². The van der Waals surface area contributed by atoms with Crippen LogP contribution in [0.3, 0.4) is 0 Å². The number of amides is 3. The molecule has 11 nitrogen and oxygen atoms in total. The fraction of sp³-hybridized carbons (Fsp3) is 0.120. The minimum absolute atomic E-state index is 0.0175. The van der Waals surface area contributed by atoms with Crippen molar-refractivity contribution in [3.8, 4) is 17.2 Å². The number of ether oxygens (including phenoxy) is 1. The van der Waals surface area contributed by atoms with Gasteiger partial charge in [-0.1, -0.05) is 77.8 Å². The van der Waals surface area contributed by atoms with E-state index >= 15 is 0 Å². The van der Waals surface area contributed by atoms with Gasteiger partial charge in [0.25, 0.3) is 17.7 Å². The standard InChI is InChI=1S/C50H39BrF2N4O7/c1-27-21-42-36(24-38(27)52)44(37-25-39(53)41(58)26-43(37)64-42)33-17-13-30(22-35(33)50(62)63)48(60)55-20-8-3-2-7-19-54-47(59)29-11-15-32(16-12-29)56-46(28-9-5-4-6-10-28)45-34-18-14-31(51)23-40(34)57-49(45)61/h4-6,9-18,21-26,56,58H,1-3,7-8,19-20H2,(H,54,59)(H,55,60)(H,57,61)(H,62,63)/b46-45-. The largest absolute Gasteiger partial charge is 0.505 e. The number of carboxylic acids is 1. The highest BCUT2D eigenvalue weighted by molar-refractivity contribution is 9.10. The summed E-state index contributed by atoms with van der Waals surface area (Å²) in [7, 11) is 0. The number of benzene rings is 6. The van der Waals surface area contributed by atoms with Crippen LogP contribution in [0.15, 0.2) is 120 Å². The molecule has 6 N–H and O–H groups in total. The molecular formula is C50H39BrF2N4O7. The molecule has 0 unspecified atom stereocenters. The van der Waals surface area contributed by atoms with Crippen LogP contribution in [0.5, 0.6) is 17.2 Å². The molecule has 6 aromatic carbocycles. The first-order chi connectivity index (χ1) is 30.9. The average molecular weight is 926 g/mol. The van der Waals surface area contributed by atoms with Gasteiger partial charge in [0.2, 0.25) is 0 Å². The van der Waals surface area contributed by atoms with Crippen molar-refractivity contribution in [2.45, 2.75) is 25.7 Å². The number of rotatable bonds is 14. The van der Waals surface area contributed by atoms with E-state index in [9.17, 15) is 38.2 Å². The SMILES string of the molecule is C=c1cc2c(cc1F)=C(c1ccc(C(=O)NCCCCCCNC(=O)c3ccc(N/C(=C4\C(=O)Nc5cc(Br)ccc54)c4ccccc4)cc3)cc1C(=O)O)c1cc(F)c(O)cc1O2. The Morgan fingerprint density at radius 1 is 0.703 bits per heavy atom. The van der Waals surface area contributed by atoms with Crippen LogP contribution in [-0.4, -0.2) is 47.0 Å². The number of carboxylic acid groups (broad SMARTS) is 1. The van der Waals surface area contributed by atoms with Crippen molar-refractivity contribution in [2.24, 2.45) is 0 Å². The van der Waals surface area contributed by atoms with Crippen LogP contribution >= 0.6 is 15.9 Å². The number of carbonyl (C=O) groups is 4. The van der Waals surface area contributed by atoms with Gasteiger partial charge in [0.15, 0.2) is 11.6 Å². The van der Waals surface area contributed by atoms with Crippen LogP contribution in [0.25, 0.3) is 23.4 Å². The summed E-state index contributed by atoms with van der Waals surface area (Å²) in [4.78, 5) is 51.9. The highest BCUT2D eigenvalue weighted by atomic mass is 79.9. The van der Waals surface area contributed by atoms with Crippen LogP contribution in [0.1, 0.15) is 79.0 Å². The van der Waals surface area contributed by atoms with Crippen molar-refractivity contribution in [3.63, 3.8) is 0 Å². The number of unbranched alkanes of at least 4 members (excludes halogenated alkanes) is 3. The summed E-state index contributed by atoms with van der Waals surface area (Å²) in [6.07, 6.45) is 2.87. The fourth-order valence-electron chi connectivity index (χ4n) is 7.67. The lowest BCUT2D eigenvalue weighted by molar-refractivity contribution is -0.110. The summed E-state index contributed by atoms with van der Waals surface area (Å²) in [6, 6.07) is 30.8. The zero-order valence-corrected chi connectivity index (χ0v) is 35.6. The summed E-state index contributed by atoms with van der Waals surface area (Å²) >= 11 is 3.47. The van der Waals surface area contributed by atoms with Gasteiger partial charge >= 0.3 is 5.97 Å². The lowest BCUT2D eigenvalue weighted by atomic mass is 9.88. The van der Waals surface area contributed by atoms with Gasteiger partial charge in [-0.3, -0.25) is 14.4 Å². The Hall–Kier alpha value is -7.58.